The zero-order valence-corrected chi connectivity index (χ0v) is 26.6. The van der Waals surface area contributed by atoms with Crippen molar-refractivity contribution in [3.8, 4) is 11.5 Å². The van der Waals surface area contributed by atoms with E-state index in [-0.39, 0.29) is 35.5 Å². The Morgan fingerprint density at radius 3 is 2.02 bits per heavy atom. The largest absolute Gasteiger partial charge is 0.457 e. The maximum absolute atomic E-state index is 14.2. The maximum atomic E-state index is 14.2. The van der Waals surface area contributed by atoms with E-state index in [2.05, 4.69) is 5.32 Å². The highest BCUT2D eigenvalue weighted by atomic mass is 32.2. The fourth-order valence-corrected chi connectivity index (χ4v) is 6.17. The molecule has 0 saturated heterocycles. The van der Waals surface area contributed by atoms with Crippen molar-refractivity contribution in [1.29, 1.82) is 0 Å². The van der Waals surface area contributed by atoms with Crippen molar-refractivity contribution in [2.45, 2.75) is 57.6 Å². The minimum absolute atomic E-state index is 0.0141. The van der Waals surface area contributed by atoms with Crippen LogP contribution in [0, 0.1) is 12.7 Å². The Kier molecular flexibility index (Phi) is 11.0. The third-order valence-electron chi connectivity index (χ3n) is 7.07. The number of hydrogen-bond donors (Lipinski definition) is 1. The molecule has 0 aromatic heterocycles. The monoisotopic (exact) mass is 631 g/mol. The van der Waals surface area contributed by atoms with Gasteiger partial charge in [-0.25, -0.2) is 12.8 Å². The summed E-state index contributed by atoms with van der Waals surface area (Å²) in [4.78, 5) is 28.8. The van der Waals surface area contributed by atoms with Gasteiger partial charge in [-0.1, -0.05) is 55.0 Å². The number of carbonyl (C=O) groups excluding carboxylic acids is 2. The van der Waals surface area contributed by atoms with E-state index in [0.717, 1.165) is 9.87 Å². The molecule has 0 saturated carbocycles. The first-order valence-corrected chi connectivity index (χ1v) is 16.2. The highest BCUT2D eigenvalue weighted by molar-refractivity contribution is 7.92. The molecule has 4 rings (SSSR count). The topological polar surface area (TPSA) is 96.0 Å². The average Bonchev–Trinajstić information content (AvgIpc) is 3.01. The third-order valence-corrected chi connectivity index (χ3v) is 8.86. The molecular weight excluding hydrogens is 593 g/mol. The Bertz CT molecular complexity index is 1680. The molecule has 0 radical (unpaired) electrons. The highest BCUT2D eigenvalue weighted by Crippen LogP contribution is 2.29. The quantitative estimate of drug-likeness (QED) is 0.183. The molecule has 236 valence electrons. The van der Waals surface area contributed by atoms with Gasteiger partial charge in [-0.05, 0) is 93.4 Å². The standard InChI is InChI=1S/C35H38FN3O5S/c1-5-33(35(41)37-25(2)3)38(23-27-13-15-28(36)16-14-27)34(40)24-39(45(42,43)32-21-11-26(4)12-22-32)29-17-19-31(20-18-29)44-30-9-7-6-8-10-30/h6-22,25,33H,5,23-24H2,1-4H3,(H,37,41)/t33-/m0/s1. The molecule has 0 heterocycles. The van der Waals surface area contributed by atoms with Gasteiger partial charge in [-0.2, -0.15) is 0 Å². The number of nitrogens with one attached hydrogen (secondary N) is 1. The van der Waals surface area contributed by atoms with E-state index in [1.807, 2.05) is 39.0 Å². The van der Waals surface area contributed by atoms with E-state index in [4.69, 9.17) is 4.74 Å². The van der Waals surface area contributed by atoms with Gasteiger partial charge >= 0.3 is 0 Å². The van der Waals surface area contributed by atoms with Crippen molar-refractivity contribution in [3.63, 3.8) is 0 Å². The first-order chi connectivity index (χ1) is 21.5. The molecule has 8 nitrogen and oxygen atoms in total. The molecule has 0 unspecified atom stereocenters. The lowest BCUT2D eigenvalue weighted by molar-refractivity contribution is -0.140. The van der Waals surface area contributed by atoms with Gasteiger partial charge in [-0.15, -0.1) is 0 Å². The SMILES string of the molecule is CC[C@@H](C(=O)NC(C)C)N(Cc1ccc(F)cc1)C(=O)CN(c1ccc(Oc2ccccc2)cc1)S(=O)(=O)c1ccc(C)cc1. The number of halogens is 1. The number of ether oxygens (including phenoxy) is 1. The molecule has 2 amide bonds. The Balaban J connectivity index is 1.72. The Hall–Kier alpha value is -4.70. The predicted octanol–water partition coefficient (Wildman–Crippen LogP) is 6.45. The van der Waals surface area contributed by atoms with Crippen LogP contribution in [0.1, 0.15) is 38.3 Å². The summed E-state index contributed by atoms with van der Waals surface area (Å²) in [7, 11) is -4.23. The van der Waals surface area contributed by atoms with Crippen molar-refractivity contribution in [1.82, 2.24) is 10.2 Å². The second kappa shape index (κ2) is 14.9. The number of carbonyl (C=O) groups is 2. The zero-order valence-electron chi connectivity index (χ0n) is 25.8. The smallest absolute Gasteiger partial charge is 0.264 e. The molecule has 0 fully saturated rings. The van der Waals surface area contributed by atoms with Crippen molar-refractivity contribution in [3.05, 3.63) is 120 Å². The van der Waals surface area contributed by atoms with Crippen LogP contribution >= 0.6 is 0 Å². The fraction of sp³-hybridized carbons (Fsp3) is 0.257. The van der Waals surface area contributed by atoms with Crippen LogP contribution in [-0.4, -0.2) is 43.8 Å². The van der Waals surface area contributed by atoms with Crippen LogP contribution in [0.3, 0.4) is 0 Å². The molecule has 0 aliphatic rings. The second-order valence-corrected chi connectivity index (χ2v) is 12.8. The number of anilines is 1. The first-order valence-electron chi connectivity index (χ1n) is 14.7. The molecule has 0 spiro atoms. The van der Waals surface area contributed by atoms with Gasteiger partial charge in [0.1, 0.15) is 29.9 Å². The molecule has 4 aromatic carbocycles. The molecule has 1 atom stereocenters. The number of benzene rings is 4. The molecule has 0 aliphatic carbocycles. The summed E-state index contributed by atoms with van der Waals surface area (Å²) >= 11 is 0. The number of para-hydroxylation sites is 1. The van der Waals surface area contributed by atoms with Crippen LogP contribution in [0.2, 0.25) is 0 Å². The lowest BCUT2D eigenvalue weighted by Gasteiger charge is -2.33. The summed E-state index contributed by atoms with van der Waals surface area (Å²) in [6.07, 6.45) is 0.279. The lowest BCUT2D eigenvalue weighted by Crippen LogP contribution is -2.53. The van der Waals surface area contributed by atoms with E-state index in [9.17, 15) is 22.4 Å². The van der Waals surface area contributed by atoms with Crippen LogP contribution in [0.4, 0.5) is 10.1 Å². The predicted molar refractivity (Wildman–Crippen MR) is 173 cm³/mol. The summed E-state index contributed by atoms with van der Waals surface area (Å²) < 4.78 is 48.8. The summed E-state index contributed by atoms with van der Waals surface area (Å²) in [6.45, 7) is 6.66. The Labute approximate surface area is 264 Å². The molecule has 0 aliphatic heterocycles. The summed E-state index contributed by atoms with van der Waals surface area (Å²) in [6, 6.07) is 26.5. The van der Waals surface area contributed by atoms with Gasteiger partial charge in [0.2, 0.25) is 11.8 Å². The third kappa shape index (κ3) is 8.69. The summed E-state index contributed by atoms with van der Waals surface area (Å²) in [5.41, 5.74) is 1.72. The van der Waals surface area contributed by atoms with Gasteiger partial charge in [0, 0.05) is 12.6 Å². The van der Waals surface area contributed by atoms with Crippen molar-refractivity contribution in [2.24, 2.45) is 0 Å². The maximum Gasteiger partial charge on any atom is 0.264 e. The van der Waals surface area contributed by atoms with Crippen molar-refractivity contribution < 1.29 is 27.1 Å². The number of aryl methyl sites for hydroxylation is 1. The van der Waals surface area contributed by atoms with Crippen LogP contribution in [-0.2, 0) is 26.2 Å². The Morgan fingerprint density at radius 2 is 1.44 bits per heavy atom. The number of nitrogens with zero attached hydrogens (tertiary/aromatic N) is 2. The van der Waals surface area contributed by atoms with Gasteiger partial charge in [0.15, 0.2) is 0 Å². The van der Waals surface area contributed by atoms with Crippen molar-refractivity contribution >= 4 is 27.5 Å². The van der Waals surface area contributed by atoms with Crippen molar-refractivity contribution in [2.75, 3.05) is 10.8 Å². The van der Waals surface area contributed by atoms with Crippen LogP contribution in [0.25, 0.3) is 0 Å². The minimum Gasteiger partial charge on any atom is -0.457 e. The van der Waals surface area contributed by atoms with E-state index >= 15 is 0 Å². The van der Waals surface area contributed by atoms with Gasteiger partial charge in [0.25, 0.3) is 10.0 Å². The van der Waals surface area contributed by atoms with Gasteiger partial charge in [0.05, 0.1) is 10.6 Å². The lowest BCUT2D eigenvalue weighted by atomic mass is 10.1. The highest BCUT2D eigenvalue weighted by Gasteiger charge is 2.34. The molecular formula is C35H38FN3O5S. The van der Waals surface area contributed by atoms with Gasteiger partial charge < -0.3 is 15.0 Å². The number of rotatable bonds is 13. The van der Waals surface area contributed by atoms with E-state index < -0.39 is 34.3 Å². The second-order valence-electron chi connectivity index (χ2n) is 11.0. The number of amides is 2. The molecule has 10 heteroatoms. The average molecular weight is 632 g/mol. The molecule has 1 N–H and O–H groups in total. The van der Waals surface area contributed by atoms with Crippen LogP contribution in [0.5, 0.6) is 11.5 Å². The van der Waals surface area contributed by atoms with Crippen LogP contribution in [0.15, 0.2) is 108 Å². The summed E-state index contributed by atoms with van der Waals surface area (Å²) in [5, 5.41) is 2.86. The minimum atomic E-state index is -4.23. The van der Waals surface area contributed by atoms with E-state index in [0.29, 0.717) is 17.1 Å². The first kappa shape index (κ1) is 33.2. The zero-order chi connectivity index (χ0) is 32.6. The molecule has 0 bridgehead atoms. The molecule has 4 aromatic rings. The normalized spacial score (nSPS) is 12.0. The Morgan fingerprint density at radius 1 is 0.844 bits per heavy atom. The van der Waals surface area contributed by atoms with Crippen LogP contribution < -0.4 is 14.4 Å². The molecule has 45 heavy (non-hydrogen) atoms. The van der Waals surface area contributed by atoms with E-state index in [1.165, 1.54) is 41.3 Å². The van der Waals surface area contributed by atoms with Gasteiger partial charge in [-0.3, -0.25) is 13.9 Å². The number of sulfonamides is 1. The fourth-order valence-electron chi connectivity index (χ4n) is 4.76. The summed E-state index contributed by atoms with van der Waals surface area (Å²) in [5.74, 6) is -0.287. The van der Waals surface area contributed by atoms with E-state index in [1.54, 1.807) is 55.5 Å². The number of hydrogen-bond acceptors (Lipinski definition) is 5.